The highest BCUT2D eigenvalue weighted by atomic mass is 19.1. The van der Waals surface area contributed by atoms with E-state index in [9.17, 15) is 4.39 Å². The fraction of sp³-hybridized carbons (Fsp3) is 0.294. The van der Waals surface area contributed by atoms with Crippen molar-refractivity contribution in [3.63, 3.8) is 0 Å². The number of halogens is 1. The van der Waals surface area contributed by atoms with Crippen LogP contribution >= 0.6 is 0 Å². The molecule has 0 aliphatic heterocycles. The van der Waals surface area contributed by atoms with Crippen LogP contribution in [0, 0.1) is 12.7 Å². The monoisotopic (exact) mass is 257 g/mol. The quantitative estimate of drug-likeness (QED) is 0.870. The van der Waals surface area contributed by atoms with Gasteiger partial charge in [0, 0.05) is 5.56 Å². The number of hydrogen-bond donors (Lipinski definition) is 1. The Morgan fingerprint density at radius 2 is 1.79 bits per heavy atom. The van der Waals surface area contributed by atoms with Gasteiger partial charge in [0.05, 0.1) is 0 Å². The summed E-state index contributed by atoms with van der Waals surface area (Å²) < 4.78 is 14.0. The first-order chi connectivity index (χ1) is 9.11. The van der Waals surface area contributed by atoms with E-state index in [-0.39, 0.29) is 5.82 Å². The Morgan fingerprint density at radius 1 is 1.11 bits per heavy atom. The molecular weight excluding hydrogens is 237 g/mol. The summed E-state index contributed by atoms with van der Waals surface area (Å²) in [6, 6.07) is 13.3. The molecule has 0 saturated carbocycles. The lowest BCUT2D eigenvalue weighted by Gasteiger charge is -2.13. The summed E-state index contributed by atoms with van der Waals surface area (Å²) in [5.41, 5.74) is 9.50. The van der Waals surface area contributed by atoms with Crippen LogP contribution in [0.3, 0.4) is 0 Å². The van der Waals surface area contributed by atoms with E-state index in [0.717, 1.165) is 17.5 Å². The van der Waals surface area contributed by atoms with E-state index in [2.05, 4.69) is 6.92 Å². The van der Waals surface area contributed by atoms with Gasteiger partial charge in [-0.15, -0.1) is 0 Å². The molecule has 19 heavy (non-hydrogen) atoms. The summed E-state index contributed by atoms with van der Waals surface area (Å²) in [6.07, 6.45) is 0.916. The largest absolute Gasteiger partial charge is 0.330 e. The molecule has 2 heteroatoms. The molecule has 0 aromatic heterocycles. The first-order valence-electron chi connectivity index (χ1n) is 6.68. The predicted octanol–water partition coefficient (Wildman–Crippen LogP) is 4.25. The van der Waals surface area contributed by atoms with Gasteiger partial charge in [0.1, 0.15) is 5.82 Å². The molecule has 0 fully saturated rings. The van der Waals surface area contributed by atoms with E-state index in [0.29, 0.717) is 18.0 Å². The number of aryl methyl sites for hydroxylation is 1. The fourth-order valence-electron chi connectivity index (χ4n) is 2.22. The van der Waals surface area contributed by atoms with Crippen LogP contribution < -0.4 is 5.73 Å². The van der Waals surface area contributed by atoms with Crippen LogP contribution in [-0.2, 0) is 0 Å². The number of benzene rings is 2. The minimum Gasteiger partial charge on any atom is -0.330 e. The minimum absolute atomic E-state index is 0.174. The highest BCUT2D eigenvalue weighted by Gasteiger charge is 2.10. The summed E-state index contributed by atoms with van der Waals surface area (Å²) in [4.78, 5) is 0. The fourth-order valence-corrected chi connectivity index (χ4v) is 2.22. The molecule has 0 bridgehead atoms. The number of rotatable bonds is 4. The minimum atomic E-state index is -0.174. The Labute approximate surface area is 114 Å². The Hall–Kier alpha value is -1.67. The Balaban J connectivity index is 2.39. The molecule has 2 N–H and O–H groups in total. The molecule has 0 saturated heterocycles. The van der Waals surface area contributed by atoms with Crippen molar-refractivity contribution in [2.24, 2.45) is 5.73 Å². The van der Waals surface area contributed by atoms with E-state index in [1.54, 1.807) is 6.07 Å². The topological polar surface area (TPSA) is 26.0 Å². The average molecular weight is 257 g/mol. The lowest BCUT2D eigenvalue weighted by molar-refractivity contribution is 0.627. The molecule has 0 aliphatic rings. The molecule has 0 heterocycles. The zero-order valence-corrected chi connectivity index (χ0v) is 11.5. The van der Waals surface area contributed by atoms with Crippen molar-refractivity contribution in [3.8, 4) is 11.1 Å². The first kappa shape index (κ1) is 13.8. The normalized spacial score (nSPS) is 12.4. The highest BCUT2D eigenvalue weighted by molar-refractivity contribution is 5.65. The Morgan fingerprint density at radius 3 is 2.42 bits per heavy atom. The molecule has 0 aliphatic carbocycles. The average Bonchev–Trinajstić information content (AvgIpc) is 2.41. The maximum absolute atomic E-state index is 14.0. The van der Waals surface area contributed by atoms with E-state index < -0.39 is 0 Å². The number of hydrogen-bond acceptors (Lipinski definition) is 1. The summed E-state index contributed by atoms with van der Waals surface area (Å²) in [5, 5.41) is 0. The second kappa shape index (κ2) is 5.98. The molecule has 1 atom stereocenters. The van der Waals surface area contributed by atoms with Gasteiger partial charge < -0.3 is 5.73 Å². The van der Waals surface area contributed by atoms with Crippen molar-refractivity contribution in [1.29, 1.82) is 0 Å². The van der Waals surface area contributed by atoms with E-state index in [1.165, 1.54) is 5.56 Å². The lowest BCUT2D eigenvalue weighted by Crippen LogP contribution is -2.04. The summed E-state index contributed by atoms with van der Waals surface area (Å²) in [6.45, 7) is 4.80. The summed E-state index contributed by atoms with van der Waals surface area (Å²) in [5.74, 6) is 0.183. The first-order valence-corrected chi connectivity index (χ1v) is 6.68. The molecule has 2 rings (SSSR count). The van der Waals surface area contributed by atoms with Gasteiger partial charge >= 0.3 is 0 Å². The molecule has 1 unspecified atom stereocenters. The van der Waals surface area contributed by atoms with Crippen molar-refractivity contribution in [2.45, 2.75) is 26.2 Å². The highest BCUT2D eigenvalue weighted by Crippen LogP contribution is 2.28. The molecule has 0 radical (unpaired) electrons. The zero-order chi connectivity index (χ0) is 13.8. The van der Waals surface area contributed by atoms with Gasteiger partial charge in [0.15, 0.2) is 0 Å². The smallest absolute Gasteiger partial charge is 0.131 e. The Bertz CT molecular complexity index is 546. The Kier molecular flexibility index (Phi) is 4.33. The van der Waals surface area contributed by atoms with Crippen molar-refractivity contribution >= 4 is 0 Å². The van der Waals surface area contributed by atoms with E-state index in [1.807, 2.05) is 43.3 Å². The third kappa shape index (κ3) is 3.21. The molecule has 2 aromatic carbocycles. The van der Waals surface area contributed by atoms with Gasteiger partial charge in [-0.2, -0.15) is 0 Å². The SMILES string of the molecule is Cc1ccc(-c2cc(C(C)CCN)ccc2F)cc1. The molecule has 0 spiro atoms. The van der Waals surface area contributed by atoms with Gasteiger partial charge in [-0.1, -0.05) is 42.8 Å². The predicted molar refractivity (Wildman–Crippen MR) is 78.7 cm³/mol. The van der Waals surface area contributed by atoms with Crippen LogP contribution in [0.25, 0.3) is 11.1 Å². The number of nitrogens with two attached hydrogens (primary N) is 1. The van der Waals surface area contributed by atoms with Crippen molar-refractivity contribution in [2.75, 3.05) is 6.54 Å². The molecular formula is C17H20FN. The van der Waals surface area contributed by atoms with Crippen LogP contribution in [-0.4, -0.2) is 6.54 Å². The lowest BCUT2D eigenvalue weighted by atomic mass is 9.93. The van der Waals surface area contributed by atoms with E-state index >= 15 is 0 Å². The van der Waals surface area contributed by atoms with Crippen LogP contribution in [0.5, 0.6) is 0 Å². The third-order valence-electron chi connectivity index (χ3n) is 3.52. The molecule has 1 nitrogen and oxygen atoms in total. The van der Waals surface area contributed by atoms with Crippen LogP contribution in [0.15, 0.2) is 42.5 Å². The third-order valence-corrected chi connectivity index (χ3v) is 3.52. The maximum Gasteiger partial charge on any atom is 0.131 e. The van der Waals surface area contributed by atoms with Crippen LogP contribution in [0.2, 0.25) is 0 Å². The van der Waals surface area contributed by atoms with Crippen molar-refractivity contribution in [3.05, 3.63) is 59.4 Å². The van der Waals surface area contributed by atoms with Crippen molar-refractivity contribution in [1.82, 2.24) is 0 Å². The molecule has 0 amide bonds. The van der Waals surface area contributed by atoms with Gasteiger partial charge in [0.25, 0.3) is 0 Å². The van der Waals surface area contributed by atoms with Gasteiger partial charge in [-0.05, 0) is 49.1 Å². The van der Waals surface area contributed by atoms with Crippen LogP contribution in [0.4, 0.5) is 4.39 Å². The van der Waals surface area contributed by atoms with Crippen LogP contribution in [0.1, 0.15) is 30.4 Å². The molecule has 2 aromatic rings. The van der Waals surface area contributed by atoms with Gasteiger partial charge in [0.2, 0.25) is 0 Å². The van der Waals surface area contributed by atoms with Crippen molar-refractivity contribution < 1.29 is 4.39 Å². The maximum atomic E-state index is 14.0. The standard InChI is InChI=1S/C17H20FN/c1-12-3-5-14(6-4-12)16-11-15(7-8-17(16)18)13(2)9-10-19/h3-8,11,13H,9-10,19H2,1-2H3. The molecule has 100 valence electrons. The zero-order valence-electron chi connectivity index (χ0n) is 11.5. The summed E-state index contributed by atoms with van der Waals surface area (Å²) >= 11 is 0. The second-order valence-electron chi connectivity index (χ2n) is 5.08. The van der Waals surface area contributed by atoms with Gasteiger partial charge in [-0.3, -0.25) is 0 Å². The van der Waals surface area contributed by atoms with Gasteiger partial charge in [-0.25, -0.2) is 4.39 Å². The second-order valence-corrected chi connectivity index (χ2v) is 5.08. The summed E-state index contributed by atoms with van der Waals surface area (Å²) in [7, 11) is 0. The van der Waals surface area contributed by atoms with E-state index in [4.69, 9.17) is 5.73 Å².